The van der Waals surface area contributed by atoms with E-state index in [4.69, 9.17) is 4.74 Å². The first kappa shape index (κ1) is 19.7. The van der Waals surface area contributed by atoms with Crippen molar-refractivity contribution in [2.24, 2.45) is 0 Å². The summed E-state index contributed by atoms with van der Waals surface area (Å²) in [5.74, 6) is -0.0694. The first-order valence-electron chi connectivity index (χ1n) is 8.80. The quantitative estimate of drug-likeness (QED) is 0.592. The van der Waals surface area contributed by atoms with E-state index in [0.29, 0.717) is 17.0 Å². The number of aromatic amines is 1. The lowest BCUT2D eigenvalue weighted by atomic mass is 10.0. The predicted octanol–water partition coefficient (Wildman–Crippen LogP) is 4.75. The highest BCUT2D eigenvalue weighted by atomic mass is 32.1. The number of nitrogens with one attached hydrogen (secondary N) is 2. The first-order chi connectivity index (χ1) is 13.2. The van der Waals surface area contributed by atoms with Gasteiger partial charge in [-0.05, 0) is 49.6 Å². The Balaban J connectivity index is 1.72. The third-order valence-electron chi connectivity index (χ3n) is 3.86. The van der Waals surface area contributed by atoms with Gasteiger partial charge in [0.25, 0.3) is 0 Å². The van der Waals surface area contributed by atoms with Gasteiger partial charge in [0.1, 0.15) is 5.60 Å². The van der Waals surface area contributed by atoms with Gasteiger partial charge in [0, 0.05) is 12.1 Å². The van der Waals surface area contributed by atoms with Crippen LogP contribution in [-0.4, -0.2) is 21.8 Å². The number of hydrogen-bond donors (Lipinski definition) is 3. The molecule has 2 aromatic carbocycles. The van der Waals surface area contributed by atoms with Gasteiger partial charge in [0.2, 0.25) is 5.88 Å². The number of aromatic hydroxyl groups is 1. The average molecular weight is 398 g/mol. The minimum Gasteiger partial charge on any atom is -0.494 e. The van der Waals surface area contributed by atoms with Crippen LogP contribution in [0, 0.1) is 0 Å². The molecule has 0 aliphatic carbocycles. The second kappa shape index (κ2) is 7.90. The molecular weight excluding hydrogens is 376 g/mol. The third kappa shape index (κ3) is 5.23. The molecule has 0 saturated carbocycles. The van der Waals surface area contributed by atoms with Crippen LogP contribution in [0.5, 0.6) is 5.88 Å². The maximum absolute atomic E-state index is 11.9. The number of amides is 1. The molecule has 6 nitrogen and oxygen atoms in total. The molecule has 3 rings (SSSR count). The van der Waals surface area contributed by atoms with E-state index in [1.54, 1.807) is 6.07 Å². The summed E-state index contributed by atoms with van der Waals surface area (Å²) in [7, 11) is 0. The van der Waals surface area contributed by atoms with Gasteiger partial charge in [0.05, 0.1) is 4.88 Å². The van der Waals surface area contributed by atoms with E-state index in [-0.39, 0.29) is 10.8 Å². The molecule has 0 atom stereocenters. The second-order valence-electron chi connectivity index (χ2n) is 7.37. The van der Waals surface area contributed by atoms with E-state index in [2.05, 4.69) is 10.3 Å². The molecule has 0 unspecified atom stereocenters. The molecule has 1 aromatic heterocycles. The van der Waals surface area contributed by atoms with Crippen molar-refractivity contribution in [3.63, 3.8) is 0 Å². The number of carbonyl (C=O) groups excluding carboxylic acids is 1. The Labute approximate surface area is 166 Å². The van der Waals surface area contributed by atoms with Gasteiger partial charge in [-0.25, -0.2) is 4.79 Å². The van der Waals surface area contributed by atoms with Crippen molar-refractivity contribution in [2.75, 3.05) is 5.32 Å². The molecule has 0 bridgehead atoms. The lowest BCUT2D eigenvalue weighted by Gasteiger charge is -2.19. The van der Waals surface area contributed by atoms with Crippen LogP contribution in [0.15, 0.2) is 53.3 Å². The highest BCUT2D eigenvalue weighted by molar-refractivity contribution is 7.09. The molecule has 1 heterocycles. The maximum atomic E-state index is 11.9. The number of rotatable bonds is 4. The molecule has 0 fully saturated rings. The highest BCUT2D eigenvalue weighted by Gasteiger charge is 2.16. The Kier molecular flexibility index (Phi) is 5.56. The molecule has 0 radical (unpaired) electrons. The van der Waals surface area contributed by atoms with Crippen molar-refractivity contribution in [2.45, 2.75) is 32.8 Å². The molecule has 0 saturated heterocycles. The SMILES string of the molecule is CC(C)(C)OC(=O)Nc1cccc(-c2ccc(Cc3sc(=O)[nH]c3O)cc2)c1. The monoisotopic (exact) mass is 398 g/mol. The fraction of sp³-hybridized carbons (Fsp3) is 0.238. The Morgan fingerprint density at radius 3 is 2.46 bits per heavy atom. The summed E-state index contributed by atoms with van der Waals surface area (Å²) in [6.45, 7) is 5.45. The Morgan fingerprint density at radius 1 is 1.14 bits per heavy atom. The lowest BCUT2D eigenvalue weighted by Crippen LogP contribution is -2.27. The molecule has 0 aliphatic heterocycles. The molecule has 7 heteroatoms. The van der Waals surface area contributed by atoms with E-state index in [1.807, 2.05) is 63.2 Å². The van der Waals surface area contributed by atoms with Crippen LogP contribution in [0.1, 0.15) is 31.2 Å². The largest absolute Gasteiger partial charge is 0.494 e. The molecule has 3 aromatic rings. The number of aromatic nitrogens is 1. The van der Waals surface area contributed by atoms with Gasteiger partial charge in [-0.1, -0.05) is 47.7 Å². The molecular formula is C21H22N2O4S. The zero-order valence-corrected chi connectivity index (χ0v) is 16.7. The number of H-pyrrole nitrogens is 1. The van der Waals surface area contributed by atoms with E-state index in [0.717, 1.165) is 28.0 Å². The number of anilines is 1. The van der Waals surface area contributed by atoms with Crippen molar-refractivity contribution in [1.82, 2.24) is 4.98 Å². The second-order valence-corrected chi connectivity index (χ2v) is 8.44. The van der Waals surface area contributed by atoms with Crippen molar-refractivity contribution in [3.05, 3.63) is 68.6 Å². The standard InChI is InChI=1S/C21H22N2O4S/c1-21(2,3)27-19(25)22-16-6-4-5-15(12-16)14-9-7-13(8-10-14)11-17-18(24)23-20(26)28-17/h4-10,12,24H,11H2,1-3H3,(H,22,25)(H,23,26). The lowest BCUT2D eigenvalue weighted by molar-refractivity contribution is 0.0636. The Bertz CT molecular complexity index is 1030. The number of ether oxygens (including phenoxy) is 1. The van der Waals surface area contributed by atoms with Gasteiger partial charge in [-0.2, -0.15) is 0 Å². The smallest absolute Gasteiger partial charge is 0.412 e. The minimum atomic E-state index is -0.556. The van der Waals surface area contributed by atoms with Crippen LogP contribution in [0.2, 0.25) is 0 Å². The predicted molar refractivity (Wildman–Crippen MR) is 111 cm³/mol. The fourth-order valence-corrected chi connectivity index (χ4v) is 3.43. The number of thiazole rings is 1. The van der Waals surface area contributed by atoms with E-state index < -0.39 is 11.7 Å². The topological polar surface area (TPSA) is 91.4 Å². The fourth-order valence-electron chi connectivity index (χ4n) is 2.67. The third-order valence-corrected chi connectivity index (χ3v) is 4.73. The summed E-state index contributed by atoms with van der Waals surface area (Å²) in [6, 6.07) is 15.3. The Morgan fingerprint density at radius 2 is 1.86 bits per heavy atom. The van der Waals surface area contributed by atoms with Crippen LogP contribution in [0.4, 0.5) is 10.5 Å². The summed E-state index contributed by atoms with van der Waals surface area (Å²) in [6.07, 6.45) is -0.0132. The van der Waals surface area contributed by atoms with Crippen molar-refractivity contribution >= 4 is 23.1 Å². The molecule has 1 amide bonds. The van der Waals surface area contributed by atoms with Crippen LogP contribution >= 0.6 is 11.3 Å². The molecule has 0 aliphatic rings. The van der Waals surface area contributed by atoms with Crippen molar-refractivity contribution in [1.29, 1.82) is 0 Å². The summed E-state index contributed by atoms with van der Waals surface area (Å²) in [4.78, 5) is 26.0. The summed E-state index contributed by atoms with van der Waals surface area (Å²) < 4.78 is 5.28. The summed E-state index contributed by atoms with van der Waals surface area (Å²) in [5.41, 5.74) is 3.02. The zero-order chi connectivity index (χ0) is 20.3. The normalized spacial score (nSPS) is 11.2. The van der Waals surface area contributed by atoms with E-state index in [1.165, 1.54) is 0 Å². The van der Waals surface area contributed by atoms with Crippen LogP contribution < -0.4 is 10.2 Å². The summed E-state index contributed by atoms with van der Waals surface area (Å²) >= 11 is 1.01. The average Bonchev–Trinajstić information content (AvgIpc) is 2.91. The van der Waals surface area contributed by atoms with E-state index in [9.17, 15) is 14.7 Å². The van der Waals surface area contributed by atoms with Gasteiger partial charge >= 0.3 is 11.0 Å². The van der Waals surface area contributed by atoms with Crippen molar-refractivity contribution < 1.29 is 14.6 Å². The number of hydrogen-bond acceptors (Lipinski definition) is 5. The number of benzene rings is 2. The summed E-state index contributed by atoms with van der Waals surface area (Å²) in [5, 5.41) is 12.4. The molecule has 28 heavy (non-hydrogen) atoms. The molecule has 146 valence electrons. The van der Waals surface area contributed by atoms with Gasteiger partial charge in [0.15, 0.2) is 0 Å². The molecule has 3 N–H and O–H groups in total. The zero-order valence-electron chi connectivity index (χ0n) is 15.9. The minimum absolute atomic E-state index is 0.0694. The first-order valence-corrected chi connectivity index (χ1v) is 9.61. The van der Waals surface area contributed by atoms with Gasteiger partial charge < -0.3 is 9.84 Å². The highest BCUT2D eigenvalue weighted by Crippen LogP contribution is 2.25. The van der Waals surface area contributed by atoms with Crippen molar-refractivity contribution in [3.8, 4) is 17.0 Å². The van der Waals surface area contributed by atoms with Crippen LogP contribution in [0.25, 0.3) is 11.1 Å². The van der Waals surface area contributed by atoms with Gasteiger partial charge in [-0.15, -0.1) is 0 Å². The van der Waals surface area contributed by atoms with E-state index >= 15 is 0 Å². The maximum Gasteiger partial charge on any atom is 0.412 e. The van der Waals surface area contributed by atoms with Gasteiger partial charge in [-0.3, -0.25) is 15.1 Å². The van der Waals surface area contributed by atoms with Crippen LogP contribution in [-0.2, 0) is 11.2 Å². The number of carbonyl (C=O) groups is 1. The van der Waals surface area contributed by atoms with Crippen LogP contribution in [0.3, 0.4) is 0 Å². The molecule has 0 spiro atoms. The Hall–Kier alpha value is -3.06.